The molecule has 6 nitrogen and oxygen atoms in total. The van der Waals surface area contributed by atoms with Crippen LogP contribution in [0.15, 0.2) is 54.0 Å². The quantitative estimate of drug-likeness (QED) is 0.514. The molecule has 31 heavy (non-hydrogen) atoms. The first-order valence-electron chi connectivity index (χ1n) is 10.1. The molecule has 0 radical (unpaired) electrons. The minimum absolute atomic E-state index is 0.0526. The number of thiophene rings is 1. The summed E-state index contributed by atoms with van der Waals surface area (Å²) in [5.74, 6) is 0.525. The number of anilines is 2. The van der Waals surface area contributed by atoms with Gasteiger partial charge in [0.1, 0.15) is 5.75 Å². The average Bonchev–Trinajstić information content (AvgIpc) is 3.36. The van der Waals surface area contributed by atoms with E-state index in [0.717, 1.165) is 11.4 Å². The molecular weight excluding hydrogens is 428 g/mol. The molecule has 1 aromatic carbocycles. The van der Waals surface area contributed by atoms with Crippen molar-refractivity contribution in [2.24, 2.45) is 0 Å². The lowest BCUT2D eigenvalue weighted by Crippen LogP contribution is -2.29. The number of benzene rings is 1. The van der Waals surface area contributed by atoms with Crippen molar-refractivity contribution in [2.75, 3.05) is 17.3 Å². The normalized spacial score (nSPS) is 18.0. The summed E-state index contributed by atoms with van der Waals surface area (Å²) in [7, 11) is 1.60. The Labute approximate surface area is 191 Å². The Morgan fingerprint density at radius 3 is 2.81 bits per heavy atom. The van der Waals surface area contributed by atoms with Crippen LogP contribution >= 0.6 is 23.6 Å². The highest BCUT2D eigenvalue weighted by Crippen LogP contribution is 2.45. The van der Waals surface area contributed by atoms with E-state index in [1.165, 1.54) is 10.4 Å². The summed E-state index contributed by atoms with van der Waals surface area (Å²) in [6.07, 6.45) is 2.20. The Morgan fingerprint density at radius 2 is 2.16 bits per heavy atom. The fraction of sp³-hybridized carbons (Fsp3) is 0.261. The van der Waals surface area contributed by atoms with Crippen LogP contribution in [0.2, 0.25) is 0 Å². The standard InChI is InChI=1S/C23H24N4O2S2/c1-4-19(28)25-16-9-8-15(13-18(16)29-3)27-21(22-14(2)10-12-31-22)20(26-23(27)30)17-7-5-6-11-24-17/h5-13,20-21H,4H2,1-3H3,(H,25,28)(H,26,30)/t20-,21-/m0/s1. The average molecular weight is 453 g/mol. The van der Waals surface area contributed by atoms with Crippen molar-refractivity contribution in [3.05, 3.63) is 70.2 Å². The van der Waals surface area contributed by atoms with Crippen LogP contribution in [0, 0.1) is 6.92 Å². The molecule has 1 aliphatic heterocycles. The topological polar surface area (TPSA) is 66.5 Å². The van der Waals surface area contributed by atoms with Crippen molar-refractivity contribution in [1.82, 2.24) is 10.3 Å². The van der Waals surface area contributed by atoms with Crippen LogP contribution in [0.3, 0.4) is 0 Å². The molecule has 4 rings (SSSR count). The van der Waals surface area contributed by atoms with Gasteiger partial charge in [0.2, 0.25) is 5.91 Å². The van der Waals surface area contributed by atoms with E-state index in [0.29, 0.717) is 23.0 Å². The first-order valence-corrected chi connectivity index (χ1v) is 11.3. The van der Waals surface area contributed by atoms with Gasteiger partial charge in [-0.2, -0.15) is 0 Å². The maximum absolute atomic E-state index is 11.9. The van der Waals surface area contributed by atoms with Gasteiger partial charge in [-0.1, -0.05) is 13.0 Å². The molecule has 0 unspecified atom stereocenters. The van der Waals surface area contributed by atoms with E-state index in [1.54, 1.807) is 24.6 Å². The molecule has 0 aliphatic carbocycles. The number of ether oxygens (including phenoxy) is 1. The minimum Gasteiger partial charge on any atom is -0.494 e. The Balaban J connectivity index is 1.78. The first kappa shape index (κ1) is 21.3. The van der Waals surface area contributed by atoms with E-state index in [4.69, 9.17) is 17.0 Å². The van der Waals surface area contributed by atoms with Crippen molar-refractivity contribution in [3.8, 4) is 5.75 Å². The molecule has 8 heteroatoms. The number of thiocarbonyl (C=S) groups is 1. The van der Waals surface area contributed by atoms with Crippen LogP contribution in [0.25, 0.3) is 0 Å². The number of rotatable bonds is 6. The summed E-state index contributed by atoms with van der Waals surface area (Å²) in [4.78, 5) is 19.8. The number of hydrogen-bond donors (Lipinski definition) is 2. The van der Waals surface area contributed by atoms with E-state index in [9.17, 15) is 4.79 Å². The highest BCUT2D eigenvalue weighted by atomic mass is 32.1. The molecule has 3 heterocycles. The number of nitrogens with zero attached hydrogens (tertiary/aromatic N) is 2. The third kappa shape index (κ3) is 4.13. The summed E-state index contributed by atoms with van der Waals surface area (Å²) in [5, 5.41) is 9.08. The fourth-order valence-electron chi connectivity index (χ4n) is 3.76. The van der Waals surface area contributed by atoms with Gasteiger partial charge in [0.05, 0.1) is 30.6 Å². The zero-order chi connectivity index (χ0) is 22.0. The van der Waals surface area contributed by atoms with Crippen molar-refractivity contribution in [2.45, 2.75) is 32.4 Å². The van der Waals surface area contributed by atoms with Gasteiger partial charge in [0.25, 0.3) is 0 Å². The van der Waals surface area contributed by atoms with Gasteiger partial charge in [-0.25, -0.2) is 0 Å². The van der Waals surface area contributed by atoms with E-state index in [-0.39, 0.29) is 18.0 Å². The second-order valence-corrected chi connectivity index (χ2v) is 8.59. The Hall–Kier alpha value is -2.97. The number of nitrogens with one attached hydrogen (secondary N) is 2. The second-order valence-electron chi connectivity index (χ2n) is 7.25. The van der Waals surface area contributed by atoms with Crippen LogP contribution in [-0.4, -0.2) is 23.1 Å². The molecule has 1 saturated heterocycles. The lowest BCUT2D eigenvalue weighted by atomic mass is 10.0. The van der Waals surface area contributed by atoms with Crippen molar-refractivity contribution in [3.63, 3.8) is 0 Å². The third-order valence-electron chi connectivity index (χ3n) is 5.33. The largest absolute Gasteiger partial charge is 0.494 e. The molecule has 1 aliphatic rings. The molecular formula is C23H24N4O2S2. The van der Waals surface area contributed by atoms with E-state index >= 15 is 0 Å². The molecule has 2 N–H and O–H groups in total. The molecule has 1 amide bonds. The molecule has 0 spiro atoms. The number of hydrogen-bond acceptors (Lipinski definition) is 5. The smallest absolute Gasteiger partial charge is 0.224 e. The van der Waals surface area contributed by atoms with Gasteiger partial charge in [-0.3, -0.25) is 9.78 Å². The number of amides is 1. The van der Waals surface area contributed by atoms with Gasteiger partial charge in [0, 0.05) is 29.2 Å². The van der Waals surface area contributed by atoms with Crippen LogP contribution in [0.1, 0.15) is 41.6 Å². The maximum Gasteiger partial charge on any atom is 0.224 e. The Kier molecular flexibility index (Phi) is 6.20. The Bertz CT molecular complexity index is 1100. The first-order chi connectivity index (χ1) is 15.0. The van der Waals surface area contributed by atoms with Crippen LogP contribution in [0.5, 0.6) is 5.75 Å². The van der Waals surface area contributed by atoms with Gasteiger partial charge < -0.3 is 20.3 Å². The Morgan fingerprint density at radius 1 is 1.32 bits per heavy atom. The molecule has 0 bridgehead atoms. The number of carbonyl (C=O) groups is 1. The molecule has 1 fully saturated rings. The summed E-state index contributed by atoms with van der Waals surface area (Å²) < 4.78 is 5.57. The fourth-order valence-corrected chi connectivity index (χ4v) is 5.16. The second kappa shape index (κ2) is 9.03. The zero-order valence-corrected chi connectivity index (χ0v) is 19.2. The maximum atomic E-state index is 11.9. The molecule has 160 valence electrons. The van der Waals surface area contributed by atoms with Crippen molar-refractivity contribution < 1.29 is 9.53 Å². The number of aromatic nitrogens is 1. The monoisotopic (exact) mass is 452 g/mol. The molecule has 2 atom stereocenters. The summed E-state index contributed by atoms with van der Waals surface area (Å²) in [6.45, 7) is 3.93. The summed E-state index contributed by atoms with van der Waals surface area (Å²) in [6, 6.07) is 13.6. The van der Waals surface area contributed by atoms with Crippen LogP contribution in [0.4, 0.5) is 11.4 Å². The number of methoxy groups -OCH3 is 1. The van der Waals surface area contributed by atoms with Gasteiger partial charge in [-0.05, 0) is 60.4 Å². The molecule has 2 aromatic heterocycles. The van der Waals surface area contributed by atoms with Crippen LogP contribution in [-0.2, 0) is 4.79 Å². The predicted octanol–water partition coefficient (Wildman–Crippen LogP) is 4.99. The van der Waals surface area contributed by atoms with Gasteiger partial charge in [0.15, 0.2) is 5.11 Å². The molecule has 3 aromatic rings. The summed E-state index contributed by atoms with van der Waals surface area (Å²) in [5.41, 5.74) is 3.68. The highest BCUT2D eigenvalue weighted by Gasteiger charge is 2.42. The van der Waals surface area contributed by atoms with Gasteiger partial charge in [-0.15, -0.1) is 11.3 Å². The lowest BCUT2D eigenvalue weighted by molar-refractivity contribution is -0.115. The minimum atomic E-state index is -0.0866. The van der Waals surface area contributed by atoms with E-state index < -0.39 is 0 Å². The highest BCUT2D eigenvalue weighted by molar-refractivity contribution is 7.80. The van der Waals surface area contributed by atoms with Crippen LogP contribution < -0.4 is 20.3 Å². The molecule has 0 saturated carbocycles. The zero-order valence-electron chi connectivity index (χ0n) is 17.6. The van der Waals surface area contributed by atoms with Crippen molar-refractivity contribution in [1.29, 1.82) is 0 Å². The number of aryl methyl sites for hydroxylation is 1. The number of pyridine rings is 1. The summed E-state index contributed by atoms with van der Waals surface area (Å²) >= 11 is 7.49. The van der Waals surface area contributed by atoms with E-state index in [1.807, 2.05) is 43.3 Å². The predicted molar refractivity (Wildman–Crippen MR) is 129 cm³/mol. The third-order valence-corrected chi connectivity index (χ3v) is 6.73. The van der Waals surface area contributed by atoms with Crippen molar-refractivity contribution >= 4 is 45.9 Å². The lowest BCUT2D eigenvalue weighted by Gasteiger charge is -2.28. The van der Waals surface area contributed by atoms with E-state index in [2.05, 4.69) is 38.9 Å². The van der Waals surface area contributed by atoms with Gasteiger partial charge >= 0.3 is 0 Å². The SMILES string of the molecule is CCC(=O)Nc1ccc(N2C(=S)N[C@@H](c3ccccn3)[C@H]2c2sccc2C)cc1OC. The number of carbonyl (C=O) groups excluding carboxylic acids is 1.